The maximum Gasteiger partial charge on any atom is 0.338 e. The summed E-state index contributed by atoms with van der Waals surface area (Å²) in [5.41, 5.74) is 1.73. The number of amides is 2. The zero-order valence-electron chi connectivity index (χ0n) is 13.7. The molecule has 2 bridgehead atoms. The molecule has 1 aromatic carbocycles. The van der Waals surface area contributed by atoms with Crippen LogP contribution in [-0.2, 0) is 14.3 Å². The number of hydrogen-bond acceptors (Lipinski definition) is 4. The van der Waals surface area contributed by atoms with E-state index in [0.717, 1.165) is 12.0 Å². The number of allylic oxidation sites excluding steroid dienone is 2. The van der Waals surface area contributed by atoms with Gasteiger partial charge in [0.25, 0.3) is 0 Å². The minimum atomic E-state index is -0.398. The Morgan fingerprint density at radius 2 is 1.79 bits per heavy atom. The number of hydrogen-bond donors (Lipinski definition) is 0. The number of fused-ring (bicyclic) bond motifs is 5. The van der Waals surface area contributed by atoms with Crippen LogP contribution in [0.15, 0.2) is 30.4 Å². The predicted molar refractivity (Wildman–Crippen MR) is 87.3 cm³/mol. The van der Waals surface area contributed by atoms with Crippen LogP contribution in [-0.4, -0.2) is 24.4 Å². The summed E-state index contributed by atoms with van der Waals surface area (Å²) < 4.78 is 4.99. The summed E-state index contributed by atoms with van der Waals surface area (Å²) in [6.07, 6.45) is 5.08. The first-order chi connectivity index (χ1) is 11.5. The average molecular weight is 325 g/mol. The summed E-state index contributed by atoms with van der Waals surface area (Å²) in [4.78, 5) is 38.8. The van der Waals surface area contributed by atoms with Gasteiger partial charge in [-0.3, -0.25) is 9.59 Å². The zero-order valence-corrected chi connectivity index (χ0v) is 13.7. The van der Waals surface area contributed by atoms with Crippen LogP contribution in [0, 0.1) is 30.6 Å². The Hall–Kier alpha value is -2.43. The van der Waals surface area contributed by atoms with E-state index in [1.54, 1.807) is 32.0 Å². The molecular weight excluding hydrogens is 306 g/mol. The SMILES string of the molecule is CCOC(=O)c1ccc(N2C(=O)C3C4C=CC(C4)C3C2=O)c(C)c1. The summed E-state index contributed by atoms with van der Waals surface area (Å²) >= 11 is 0. The molecule has 0 radical (unpaired) electrons. The molecule has 2 fully saturated rings. The first-order valence-electron chi connectivity index (χ1n) is 8.36. The molecule has 4 unspecified atom stereocenters. The molecule has 0 N–H and O–H groups in total. The number of benzene rings is 1. The second-order valence-electron chi connectivity index (χ2n) is 6.73. The second kappa shape index (κ2) is 5.30. The van der Waals surface area contributed by atoms with Gasteiger partial charge < -0.3 is 4.74 Å². The molecule has 1 saturated heterocycles. The standard InChI is InChI=1S/C19H19NO4/c1-3-24-19(23)13-6-7-14(10(2)8-13)20-17(21)15-11-4-5-12(9-11)16(15)18(20)22/h4-8,11-12,15-16H,3,9H2,1-2H3. The Bertz CT molecular complexity index is 752. The summed E-state index contributed by atoms with van der Waals surface area (Å²) in [5, 5.41) is 0. The van der Waals surface area contributed by atoms with Crippen molar-refractivity contribution in [2.45, 2.75) is 20.3 Å². The smallest absolute Gasteiger partial charge is 0.338 e. The van der Waals surface area contributed by atoms with Crippen molar-refractivity contribution < 1.29 is 19.1 Å². The predicted octanol–water partition coefficient (Wildman–Crippen LogP) is 2.48. The minimum Gasteiger partial charge on any atom is -0.462 e. The molecule has 3 aliphatic rings. The number of esters is 1. The number of rotatable bonds is 3. The van der Waals surface area contributed by atoms with Crippen molar-refractivity contribution in [1.82, 2.24) is 0 Å². The Morgan fingerprint density at radius 1 is 1.17 bits per heavy atom. The van der Waals surface area contributed by atoms with Crippen molar-refractivity contribution >= 4 is 23.5 Å². The molecule has 2 amide bonds. The number of aryl methyl sites for hydroxylation is 1. The van der Waals surface area contributed by atoms with Crippen LogP contribution in [0.5, 0.6) is 0 Å². The van der Waals surface area contributed by atoms with Gasteiger partial charge in [-0.2, -0.15) is 0 Å². The van der Waals surface area contributed by atoms with Gasteiger partial charge in [0.2, 0.25) is 11.8 Å². The van der Waals surface area contributed by atoms with Gasteiger partial charge in [-0.1, -0.05) is 12.2 Å². The molecule has 0 aromatic heterocycles. The van der Waals surface area contributed by atoms with Crippen LogP contribution in [0.25, 0.3) is 0 Å². The molecule has 5 nitrogen and oxygen atoms in total. The highest BCUT2D eigenvalue weighted by Gasteiger charge is 2.59. The van der Waals surface area contributed by atoms with Gasteiger partial charge in [0.15, 0.2) is 0 Å². The van der Waals surface area contributed by atoms with E-state index in [0.29, 0.717) is 17.9 Å². The lowest BCUT2D eigenvalue weighted by atomic mass is 9.85. The summed E-state index contributed by atoms with van der Waals surface area (Å²) in [7, 11) is 0. The minimum absolute atomic E-state index is 0.103. The lowest BCUT2D eigenvalue weighted by molar-refractivity contribution is -0.123. The van der Waals surface area contributed by atoms with Crippen LogP contribution in [0.4, 0.5) is 5.69 Å². The number of imide groups is 1. The highest BCUT2D eigenvalue weighted by Crippen LogP contribution is 2.53. The highest BCUT2D eigenvalue weighted by atomic mass is 16.5. The fraction of sp³-hybridized carbons (Fsp3) is 0.421. The number of ether oxygens (including phenoxy) is 1. The van der Waals surface area contributed by atoms with Crippen LogP contribution < -0.4 is 4.90 Å². The second-order valence-corrected chi connectivity index (χ2v) is 6.73. The van der Waals surface area contributed by atoms with E-state index < -0.39 is 5.97 Å². The lowest BCUT2D eigenvalue weighted by Crippen LogP contribution is -2.33. The molecule has 1 saturated carbocycles. The molecule has 0 spiro atoms. The van der Waals surface area contributed by atoms with E-state index in [-0.39, 0.29) is 35.5 Å². The Labute approximate surface area is 140 Å². The third-order valence-electron chi connectivity index (χ3n) is 5.42. The van der Waals surface area contributed by atoms with E-state index >= 15 is 0 Å². The van der Waals surface area contributed by atoms with Crippen LogP contribution in [0.3, 0.4) is 0 Å². The lowest BCUT2D eigenvalue weighted by Gasteiger charge is -2.19. The van der Waals surface area contributed by atoms with E-state index in [4.69, 9.17) is 4.74 Å². The Kier molecular flexibility index (Phi) is 3.34. The van der Waals surface area contributed by atoms with Crippen molar-refractivity contribution in [2.75, 3.05) is 11.5 Å². The zero-order chi connectivity index (χ0) is 17.0. The fourth-order valence-corrected chi connectivity index (χ4v) is 4.39. The van der Waals surface area contributed by atoms with Gasteiger partial charge in [0, 0.05) is 0 Å². The van der Waals surface area contributed by atoms with Gasteiger partial charge in [0.1, 0.15) is 0 Å². The molecule has 24 heavy (non-hydrogen) atoms. The van der Waals surface area contributed by atoms with Gasteiger partial charge in [-0.25, -0.2) is 9.69 Å². The molecule has 4 atom stereocenters. The third kappa shape index (κ3) is 1.97. The summed E-state index contributed by atoms with van der Waals surface area (Å²) in [6, 6.07) is 4.96. The number of nitrogens with zero attached hydrogens (tertiary/aromatic N) is 1. The van der Waals surface area contributed by atoms with Crippen molar-refractivity contribution in [3.63, 3.8) is 0 Å². The molecule has 4 rings (SSSR count). The summed E-state index contributed by atoms with van der Waals surface area (Å²) in [5.74, 6) is -0.637. The number of carbonyl (C=O) groups is 3. The number of anilines is 1. The maximum absolute atomic E-state index is 12.8. The van der Waals surface area contributed by atoms with Crippen LogP contribution >= 0.6 is 0 Å². The third-order valence-corrected chi connectivity index (χ3v) is 5.42. The molecule has 2 aliphatic carbocycles. The highest BCUT2D eigenvalue weighted by molar-refractivity contribution is 6.23. The van der Waals surface area contributed by atoms with Crippen LogP contribution in [0.1, 0.15) is 29.3 Å². The van der Waals surface area contributed by atoms with E-state index in [1.165, 1.54) is 4.90 Å². The molecule has 5 heteroatoms. The molecule has 1 aliphatic heterocycles. The van der Waals surface area contributed by atoms with Crippen molar-refractivity contribution in [1.29, 1.82) is 0 Å². The Morgan fingerprint density at radius 3 is 2.33 bits per heavy atom. The number of carbonyl (C=O) groups excluding carboxylic acids is 3. The van der Waals surface area contributed by atoms with Crippen molar-refractivity contribution in [3.05, 3.63) is 41.5 Å². The average Bonchev–Trinajstić information content (AvgIpc) is 3.23. The van der Waals surface area contributed by atoms with Crippen molar-refractivity contribution in [2.24, 2.45) is 23.7 Å². The largest absolute Gasteiger partial charge is 0.462 e. The monoisotopic (exact) mass is 325 g/mol. The van der Waals surface area contributed by atoms with E-state index in [1.807, 2.05) is 0 Å². The van der Waals surface area contributed by atoms with E-state index in [2.05, 4.69) is 12.2 Å². The van der Waals surface area contributed by atoms with Gasteiger partial charge in [0.05, 0.1) is 29.7 Å². The van der Waals surface area contributed by atoms with Gasteiger partial charge in [-0.05, 0) is 55.9 Å². The topological polar surface area (TPSA) is 63.7 Å². The fourth-order valence-electron chi connectivity index (χ4n) is 4.39. The quantitative estimate of drug-likeness (QED) is 0.486. The first kappa shape index (κ1) is 15.1. The van der Waals surface area contributed by atoms with Gasteiger partial charge in [-0.15, -0.1) is 0 Å². The molecule has 1 aromatic rings. The molecular formula is C19H19NO4. The van der Waals surface area contributed by atoms with E-state index in [9.17, 15) is 14.4 Å². The Balaban J connectivity index is 1.66. The van der Waals surface area contributed by atoms with Crippen molar-refractivity contribution in [3.8, 4) is 0 Å². The maximum atomic E-state index is 12.8. The van der Waals surface area contributed by atoms with Gasteiger partial charge >= 0.3 is 5.97 Å². The molecule has 124 valence electrons. The normalized spacial score (nSPS) is 30.2. The summed E-state index contributed by atoms with van der Waals surface area (Å²) in [6.45, 7) is 3.86. The first-order valence-corrected chi connectivity index (χ1v) is 8.36. The molecule has 1 heterocycles. The van der Waals surface area contributed by atoms with Crippen LogP contribution in [0.2, 0.25) is 0 Å².